The molecule has 18 heavy (non-hydrogen) atoms. The van der Waals surface area contributed by atoms with Crippen molar-refractivity contribution in [3.63, 3.8) is 0 Å². The Labute approximate surface area is 118 Å². The Morgan fingerprint density at radius 3 is 2.22 bits per heavy atom. The molecule has 0 fully saturated rings. The molecule has 0 unspecified atom stereocenters. The summed E-state index contributed by atoms with van der Waals surface area (Å²) in [6.07, 6.45) is 0.679. The number of sulfone groups is 1. The van der Waals surface area contributed by atoms with E-state index in [1.807, 2.05) is 32.9 Å². The van der Waals surface area contributed by atoms with Gasteiger partial charge in [0.1, 0.15) is 0 Å². The standard InChI is InChI=1S/C13H20BrNO2S/c1-4-6-18(16,17)7-5-15-12-8-10(2)13(14)11(3)9-12/h8-9,15H,4-7H2,1-3H3. The lowest BCUT2D eigenvalue weighted by Gasteiger charge is -2.10. The van der Waals surface area contributed by atoms with Gasteiger partial charge >= 0.3 is 0 Å². The molecule has 1 N–H and O–H groups in total. The largest absolute Gasteiger partial charge is 0.384 e. The molecule has 0 saturated carbocycles. The molecule has 0 aromatic heterocycles. The number of hydrogen-bond donors (Lipinski definition) is 1. The zero-order valence-electron chi connectivity index (χ0n) is 11.1. The minimum absolute atomic E-state index is 0.189. The molecule has 0 aliphatic heterocycles. The van der Waals surface area contributed by atoms with Crippen LogP contribution in [0.4, 0.5) is 5.69 Å². The normalized spacial score (nSPS) is 11.6. The van der Waals surface area contributed by atoms with Crippen LogP contribution in [-0.4, -0.2) is 26.5 Å². The second kappa shape index (κ2) is 6.57. The number of hydrogen-bond acceptors (Lipinski definition) is 3. The van der Waals surface area contributed by atoms with Gasteiger partial charge in [-0.15, -0.1) is 0 Å². The van der Waals surface area contributed by atoms with Gasteiger partial charge in [0.15, 0.2) is 9.84 Å². The summed E-state index contributed by atoms with van der Waals surface area (Å²) in [4.78, 5) is 0. The highest BCUT2D eigenvalue weighted by molar-refractivity contribution is 9.10. The maximum atomic E-state index is 11.6. The molecule has 0 aliphatic carbocycles. The van der Waals surface area contributed by atoms with Gasteiger partial charge in [-0.2, -0.15) is 0 Å². The van der Waals surface area contributed by atoms with Crippen LogP contribution in [0.1, 0.15) is 24.5 Å². The molecule has 1 aromatic rings. The zero-order chi connectivity index (χ0) is 13.8. The van der Waals surface area contributed by atoms with E-state index < -0.39 is 9.84 Å². The summed E-state index contributed by atoms with van der Waals surface area (Å²) < 4.78 is 24.2. The molecule has 3 nitrogen and oxygen atoms in total. The molecule has 0 radical (unpaired) electrons. The van der Waals surface area contributed by atoms with Crippen molar-refractivity contribution in [2.24, 2.45) is 0 Å². The van der Waals surface area contributed by atoms with Crippen molar-refractivity contribution < 1.29 is 8.42 Å². The van der Waals surface area contributed by atoms with E-state index in [-0.39, 0.29) is 11.5 Å². The van der Waals surface area contributed by atoms with Crippen LogP contribution in [-0.2, 0) is 9.84 Å². The van der Waals surface area contributed by atoms with E-state index in [1.165, 1.54) is 0 Å². The van der Waals surface area contributed by atoms with Crippen molar-refractivity contribution in [3.05, 3.63) is 27.7 Å². The maximum absolute atomic E-state index is 11.6. The Kier molecular flexibility index (Phi) is 5.66. The lowest BCUT2D eigenvalue weighted by atomic mass is 10.1. The van der Waals surface area contributed by atoms with Gasteiger partial charge in [0, 0.05) is 22.5 Å². The fourth-order valence-corrected chi connectivity index (χ4v) is 3.28. The Balaban J connectivity index is 2.60. The highest BCUT2D eigenvalue weighted by atomic mass is 79.9. The molecule has 0 spiro atoms. The van der Waals surface area contributed by atoms with E-state index >= 15 is 0 Å². The molecule has 0 atom stereocenters. The lowest BCUT2D eigenvalue weighted by molar-refractivity contribution is 0.595. The SMILES string of the molecule is CCCS(=O)(=O)CCNc1cc(C)c(Br)c(C)c1. The molecule has 1 rings (SSSR count). The molecule has 0 saturated heterocycles. The van der Waals surface area contributed by atoms with Gasteiger partial charge in [-0.25, -0.2) is 8.42 Å². The molecular formula is C13H20BrNO2S. The van der Waals surface area contributed by atoms with Crippen LogP contribution in [0, 0.1) is 13.8 Å². The average Bonchev–Trinajstić information content (AvgIpc) is 2.25. The van der Waals surface area contributed by atoms with Gasteiger partial charge in [-0.3, -0.25) is 0 Å². The van der Waals surface area contributed by atoms with Gasteiger partial charge in [0.05, 0.1) is 5.75 Å². The van der Waals surface area contributed by atoms with Crippen molar-refractivity contribution in [1.82, 2.24) is 0 Å². The third-order valence-electron chi connectivity index (χ3n) is 2.69. The maximum Gasteiger partial charge on any atom is 0.152 e. The minimum atomic E-state index is -2.90. The number of halogens is 1. The van der Waals surface area contributed by atoms with Gasteiger partial charge in [-0.1, -0.05) is 22.9 Å². The van der Waals surface area contributed by atoms with Crippen LogP contribution in [0.5, 0.6) is 0 Å². The topological polar surface area (TPSA) is 46.2 Å². The Bertz CT molecular complexity index is 489. The predicted molar refractivity (Wildman–Crippen MR) is 81.1 cm³/mol. The highest BCUT2D eigenvalue weighted by Gasteiger charge is 2.09. The van der Waals surface area contributed by atoms with E-state index in [1.54, 1.807) is 0 Å². The fraction of sp³-hybridized carbons (Fsp3) is 0.538. The Hall–Kier alpha value is -0.550. The Morgan fingerprint density at radius 1 is 1.17 bits per heavy atom. The highest BCUT2D eigenvalue weighted by Crippen LogP contribution is 2.24. The number of nitrogens with one attached hydrogen (secondary N) is 1. The van der Waals surface area contributed by atoms with Crippen LogP contribution in [0.25, 0.3) is 0 Å². The third-order valence-corrected chi connectivity index (χ3v) is 5.80. The quantitative estimate of drug-likeness (QED) is 0.868. The summed E-state index contributed by atoms with van der Waals surface area (Å²) >= 11 is 3.51. The molecule has 0 bridgehead atoms. The minimum Gasteiger partial charge on any atom is -0.384 e. The number of rotatable bonds is 6. The molecule has 1 aromatic carbocycles. The van der Waals surface area contributed by atoms with Gasteiger partial charge in [0.25, 0.3) is 0 Å². The third kappa shape index (κ3) is 4.61. The van der Waals surface area contributed by atoms with Crippen molar-refractivity contribution in [2.45, 2.75) is 27.2 Å². The first-order valence-corrected chi connectivity index (χ1v) is 8.68. The van der Waals surface area contributed by atoms with E-state index in [9.17, 15) is 8.42 Å². The molecule has 102 valence electrons. The fourth-order valence-electron chi connectivity index (χ4n) is 1.81. The molecule has 0 heterocycles. The van der Waals surface area contributed by atoms with Crippen LogP contribution < -0.4 is 5.32 Å². The van der Waals surface area contributed by atoms with Crippen LogP contribution >= 0.6 is 15.9 Å². The smallest absolute Gasteiger partial charge is 0.152 e. The molecular weight excluding hydrogens is 314 g/mol. The van der Waals surface area contributed by atoms with Crippen molar-refractivity contribution >= 4 is 31.5 Å². The first-order valence-electron chi connectivity index (χ1n) is 6.07. The first kappa shape index (κ1) is 15.5. The summed E-state index contributed by atoms with van der Waals surface area (Å²) in [5.74, 6) is 0.460. The zero-order valence-corrected chi connectivity index (χ0v) is 13.5. The summed E-state index contributed by atoms with van der Waals surface area (Å²) in [6, 6.07) is 4.03. The van der Waals surface area contributed by atoms with Crippen LogP contribution in [0.15, 0.2) is 16.6 Å². The summed E-state index contributed by atoms with van der Waals surface area (Å²) in [7, 11) is -2.90. The van der Waals surface area contributed by atoms with Crippen LogP contribution in [0.2, 0.25) is 0 Å². The van der Waals surface area contributed by atoms with Crippen molar-refractivity contribution in [3.8, 4) is 0 Å². The van der Waals surface area contributed by atoms with Crippen molar-refractivity contribution in [2.75, 3.05) is 23.4 Å². The predicted octanol–water partition coefficient (Wildman–Crippen LogP) is 3.30. The molecule has 0 aliphatic rings. The van der Waals surface area contributed by atoms with Gasteiger partial charge in [0.2, 0.25) is 0 Å². The van der Waals surface area contributed by atoms with E-state index in [2.05, 4.69) is 21.2 Å². The lowest BCUT2D eigenvalue weighted by Crippen LogP contribution is -2.18. The van der Waals surface area contributed by atoms with Gasteiger partial charge in [-0.05, 0) is 43.5 Å². The number of aryl methyl sites for hydroxylation is 2. The second-order valence-electron chi connectivity index (χ2n) is 4.50. The average molecular weight is 334 g/mol. The monoisotopic (exact) mass is 333 g/mol. The van der Waals surface area contributed by atoms with E-state index in [0.29, 0.717) is 13.0 Å². The summed E-state index contributed by atoms with van der Waals surface area (Å²) in [5, 5.41) is 3.17. The van der Waals surface area contributed by atoms with E-state index in [0.717, 1.165) is 21.3 Å². The first-order chi connectivity index (χ1) is 8.35. The van der Waals surface area contributed by atoms with E-state index in [4.69, 9.17) is 0 Å². The van der Waals surface area contributed by atoms with Crippen LogP contribution in [0.3, 0.4) is 0 Å². The number of anilines is 1. The van der Waals surface area contributed by atoms with Gasteiger partial charge < -0.3 is 5.32 Å². The Morgan fingerprint density at radius 2 is 1.72 bits per heavy atom. The summed E-state index contributed by atoms with van der Waals surface area (Å²) in [5.41, 5.74) is 3.27. The molecule has 5 heteroatoms. The van der Waals surface area contributed by atoms with Crippen molar-refractivity contribution in [1.29, 1.82) is 0 Å². The molecule has 0 amide bonds. The summed E-state index contributed by atoms with van der Waals surface area (Å²) in [6.45, 7) is 6.39. The number of benzene rings is 1. The second-order valence-corrected chi connectivity index (χ2v) is 7.60.